The first-order valence-corrected chi connectivity index (χ1v) is 6.83. The van der Waals surface area contributed by atoms with Crippen LogP contribution in [0.25, 0.3) is 0 Å². The van der Waals surface area contributed by atoms with Crippen LogP contribution in [-0.2, 0) is 6.54 Å². The van der Waals surface area contributed by atoms with Gasteiger partial charge in [-0.05, 0) is 35.9 Å². The number of nitrogens with zero attached hydrogens (tertiary/aromatic N) is 1. The Morgan fingerprint density at radius 2 is 1.86 bits per heavy atom. The Bertz CT molecular complexity index is 612. The second-order valence-corrected chi connectivity index (χ2v) is 4.76. The van der Waals surface area contributed by atoms with E-state index < -0.39 is 0 Å². The van der Waals surface area contributed by atoms with Crippen LogP contribution in [0.1, 0.15) is 11.1 Å². The molecule has 0 radical (unpaired) electrons. The summed E-state index contributed by atoms with van der Waals surface area (Å²) < 4.78 is 10.5. The average Bonchev–Trinajstić information content (AvgIpc) is 2.53. The van der Waals surface area contributed by atoms with E-state index in [0.29, 0.717) is 6.54 Å². The molecule has 0 aliphatic heterocycles. The van der Waals surface area contributed by atoms with Crippen LogP contribution in [0, 0.1) is 0 Å². The number of nitrogens with one attached hydrogen (secondary N) is 1. The number of hydrazone groups is 1. The average molecular weight is 305 g/mol. The van der Waals surface area contributed by atoms with Crippen molar-refractivity contribution in [3.8, 4) is 11.5 Å². The van der Waals surface area contributed by atoms with Crippen LogP contribution in [-0.4, -0.2) is 20.4 Å². The Labute approximate surface area is 129 Å². The third-order valence-corrected chi connectivity index (χ3v) is 3.18. The minimum absolute atomic E-state index is 0.625. The summed E-state index contributed by atoms with van der Waals surface area (Å²) in [5.41, 5.74) is 4.94. The van der Waals surface area contributed by atoms with Crippen LogP contribution in [0.5, 0.6) is 11.5 Å². The van der Waals surface area contributed by atoms with Gasteiger partial charge < -0.3 is 14.9 Å². The van der Waals surface area contributed by atoms with Crippen molar-refractivity contribution in [1.29, 1.82) is 0 Å². The molecule has 2 rings (SSSR count). The lowest BCUT2D eigenvalue weighted by Crippen LogP contribution is -2.05. The number of hydrogen-bond acceptors (Lipinski definition) is 4. The normalized spacial score (nSPS) is 10.6. The highest BCUT2D eigenvalue weighted by Gasteiger charge is 2.02. The molecule has 1 N–H and O–H groups in total. The number of hydrogen-bond donors (Lipinski definition) is 1. The lowest BCUT2D eigenvalue weighted by Gasteiger charge is -2.07. The standard InChI is InChI=1S/C16H17ClN2O2/c1-20-15-7-8-16(21-2)13(9-15)11-19-18-10-12-3-5-14(17)6-4-12/h3-9,11,18H,10H2,1-2H3/b19-11-. The summed E-state index contributed by atoms with van der Waals surface area (Å²) in [6, 6.07) is 13.2. The summed E-state index contributed by atoms with van der Waals surface area (Å²) in [6.45, 7) is 0.625. The molecule has 0 unspecified atom stereocenters. The molecular weight excluding hydrogens is 288 g/mol. The van der Waals surface area contributed by atoms with Gasteiger partial charge in [0.1, 0.15) is 11.5 Å². The molecule has 2 aromatic carbocycles. The Kier molecular flexibility index (Phi) is 5.46. The fourth-order valence-electron chi connectivity index (χ4n) is 1.79. The van der Waals surface area contributed by atoms with Gasteiger partial charge >= 0.3 is 0 Å². The van der Waals surface area contributed by atoms with E-state index in [-0.39, 0.29) is 0 Å². The van der Waals surface area contributed by atoms with Crippen molar-refractivity contribution in [1.82, 2.24) is 5.43 Å². The van der Waals surface area contributed by atoms with Gasteiger partial charge in [-0.25, -0.2) is 0 Å². The van der Waals surface area contributed by atoms with Crippen molar-refractivity contribution >= 4 is 17.8 Å². The number of methoxy groups -OCH3 is 2. The van der Waals surface area contributed by atoms with E-state index in [0.717, 1.165) is 27.6 Å². The third kappa shape index (κ3) is 4.39. The van der Waals surface area contributed by atoms with Crippen LogP contribution in [0.2, 0.25) is 5.02 Å². The molecule has 5 heteroatoms. The quantitative estimate of drug-likeness (QED) is 0.656. The summed E-state index contributed by atoms with van der Waals surface area (Å²) in [4.78, 5) is 0. The summed E-state index contributed by atoms with van der Waals surface area (Å²) in [5.74, 6) is 1.50. The molecule has 0 saturated carbocycles. The lowest BCUT2D eigenvalue weighted by atomic mass is 10.2. The largest absolute Gasteiger partial charge is 0.497 e. The molecule has 0 bridgehead atoms. The SMILES string of the molecule is COc1ccc(OC)c(/C=N\NCc2ccc(Cl)cc2)c1. The Morgan fingerprint density at radius 1 is 1.10 bits per heavy atom. The van der Waals surface area contributed by atoms with Gasteiger partial charge in [0.05, 0.1) is 27.0 Å². The zero-order chi connectivity index (χ0) is 15.1. The fraction of sp³-hybridized carbons (Fsp3) is 0.188. The molecule has 2 aromatic rings. The highest BCUT2D eigenvalue weighted by atomic mass is 35.5. The van der Waals surface area contributed by atoms with Crippen LogP contribution in [0.15, 0.2) is 47.6 Å². The molecule has 21 heavy (non-hydrogen) atoms. The van der Waals surface area contributed by atoms with Crippen LogP contribution in [0.3, 0.4) is 0 Å². The maximum absolute atomic E-state index is 5.84. The van der Waals surface area contributed by atoms with Crippen molar-refractivity contribution in [3.63, 3.8) is 0 Å². The number of benzene rings is 2. The van der Waals surface area contributed by atoms with Gasteiger partial charge in [0, 0.05) is 10.6 Å². The van der Waals surface area contributed by atoms with E-state index in [9.17, 15) is 0 Å². The zero-order valence-electron chi connectivity index (χ0n) is 12.0. The van der Waals surface area contributed by atoms with Crippen LogP contribution >= 0.6 is 11.6 Å². The maximum atomic E-state index is 5.84. The van der Waals surface area contributed by atoms with E-state index in [2.05, 4.69) is 10.5 Å². The smallest absolute Gasteiger partial charge is 0.127 e. The summed E-state index contributed by atoms with van der Waals surface area (Å²) in [5, 5.41) is 4.93. The number of halogens is 1. The second-order valence-electron chi connectivity index (χ2n) is 4.33. The van der Waals surface area contributed by atoms with Crippen molar-refractivity contribution in [2.45, 2.75) is 6.54 Å². The predicted octanol–water partition coefficient (Wildman–Crippen LogP) is 3.48. The van der Waals surface area contributed by atoms with Gasteiger partial charge in [0.15, 0.2) is 0 Å². The first-order chi connectivity index (χ1) is 10.2. The summed E-state index contributed by atoms with van der Waals surface area (Å²) in [6.07, 6.45) is 1.71. The fourth-order valence-corrected chi connectivity index (χ4v) is 1.92. The van der Waals surface area contributed by atoms with Gasteiger partial charge in [-0.1, -0.05) is 23.7 Å². The van der Waals surface area contributed by atoms with Crippen molar-refractivity contribution in [2.75, 3.05) is 14.2 Å². The Morgan fingerprint density at radius 3 is 2.52 bits per heavy atom. The molecule has 0 fully saturated rings. The molecule has 0 aliphatic carbocycles. The first-order valence-electron chi connectivity index (χ1n) is 6.45. The molecule has 0 spiro atoms. The summed E-state index contributed by atoms with van der Waals surface area (Å²) >= 11 is 5.84. The molecular formula is C16H17ClN2O2. The Balaban J connectivity index is 1.99. The lowest BCUT2D eigenvalue weighted by molar-refractivity contribution is 0.402. The molecule has 0 aliphatic rings. The predicted molar refractivity (Wildman–Crippen MR) is 85.4 cm³/mol. The minimum Gasteiger partial charge on any atom is -0.497 e. The topological polar surface area (TPSA) is 42.9 Å². The van der Waals surface area contributed by atoms with Crippen LogP contribution < -0.4 is 14.9 Å². The van der Waals surface area contributed by atoms with E-state index in [1.807, 2.05) is 42.5 Å². The maximum Gasteiger partial charge on any atom is 0.127 e. The molecule has 4 nitrogen and oxygen atoms in total. The molecule has 110 valence electrons. The first kappa shape index (κ1) is 15.2. The molecule has 0 atom stereocenters. The van der Waals surface area contributed by atoms with Gasteiger partial charge in [-0.2, -0.15) is 5.10 Å². The van der Waals surface area contributed by atoms with Gasteiger partial charge in [0.25, 0.3) is 0 Å². The van der Waals surface area contributed by atoms with Gasteiger partial charge in [-0.3, -0.25) is 0 Å². The van der Waals surface area contributed by atoms with Crippen molar-refractivity contribution in [3.05, 3.63) is 58.6 Å². The van der Waals surface area contributed by atoms with E-state index >= 15 is 0 Å². The molecule has 0 heterocycles. The Hall–Kier alpha value is -2.20. The van der Waals surface area contributed by atoms with Crippen molar-refractivity contribution in [2.24, 2.45) is 5.10 Å². The molecule has 0 aromatic heterocycles. The van der Waals surface area contributed by atoms with Gasteiger partial charge in [-0.15, -0.1) is 0 Å². The van der Waals surface area contributed by atoms with E-state index in [4.69, 9.17) is 21.1 Å². The summed E-state index contributed by atoms with van der Waals surface area (Å²) in [7, 11) is 3.25. The molecule has 0 saturated heterocycles. The third-order valence-electron chi connectivity index (χ3n) is 2.93. The monoisotopic (exact) mass is 304 g/mol. The second kappa shape index (κ2) is 7.55. The molecule has 0 amide bonds. The highest BCUT2D eigenvalue weighted by molar-refractivity contribution is 6.30. The van der Waals surface area contributed by atoms with E-state index in [1.165, 1.54) is 0 Å². The van der Waals surface area contributed by atoms with Crippen LogP contribution in [0.4, 0.5) is 0 Å². The minimum atomic E-state index is 0.625. The van der Waals surface area contributed by atoms with Crippen molar-refractivity contribution < 1.29 is 9.47 Å². The highest BCUT2D eigenvalue weighted by Crippen LogP contribution is 2.22. The zero-order valence-corrected chi connectivity index (χ0v) is 12.7. The number of rotatable bonds is 6. The number of ether oxygens (including phenoxy) is 2. The van der Waals surface area contributed by atoms with E-state index in [1.54, 1.807) is 20.4 Å². The van der Waals surface area contributed by atoms with Gasteiger partial charge in [0.2, 0.25) is 0 Å².